The molecule has 10 heteroatoms. The molecule has 1 saturated heterocycles. The quantitative estimate of drug-likeness (QED) is 0.411. The molecular formula is C31H38N4O5S. The Morgan fingerprint density at radius 3 is 2.59 bits per heavy atom. The molecule has 9 nitrogen and oxygen atoms in total. The van der Waals surface area contributed by atoms with E-state index in [1.54, 1.807) is 19.1 Å². The van der Waals surface area contributed by atoms with Crippen molar-refractivity contribution >= 4 is 29.4 Å². The van der Waals surface area contributed by atoms with Crippen LogP contribution in [0.2, 0.25) is 0 Å². The van der Waals surface area contributed by atoms with Crippen molar-refractivity contribution < 1.29 is 23.8 Å². The summed E-state index contributed by atoms with van der Waals surface area (Å²) < 4.78 is 18.9. The van der Waals surface area contributed by atoms with Crippen LogP contribution in [0.15, 0.2) is 48.5 Å². The van der Waals surface area contributed by atoms with E-state index in [-0.39, 0.29) is 35.5 Å². The van der Waals surface area contributed by atoms with Crippen molar-refractivity contribution in [1.82, 2.24) is 15.1 Å². The zero-order valence-electron chi connectivity index (χ0n) is 24.3. The van der Waals surface area contributed by atoms with Gasteiger partial charge in [-0.1, -0.05) is 30.3 Å². The van der Waals surface area contributed by atoms with Gasteiger partial charge < -0.3 is 19.5 Å². The Morgan fingerprint density at radius 2 is 1.93 bits per heavy atom. The lowest BCUT2D eigenvalue weighted by molar-refractivity contribution is -0.123. The molecule has 1 N–H and O–H groups in total. The summed E-state index contributed by atoms with van der Waals surface area (Å²) in [5.41, 5.74) is 2.94. The van der Waals surface area contributed by atoms with Crippen LogP contribution in [0, 0.1) is 0 Å². The van der Waals surface area contributed by atoms with Crippen molar-refractivity contribution in [2.45, 2.75) is 50.5 Å². The Balaban J connectivity index is 1.68. The number of anilines is 1. The second-order valence-electron chi connectivity index (χ2n) is 11.3. The topological polar surface area (TPSA) is 94.9 Å². The molecule has 2 atom stereocenters. The van der Waals surface area contributed by atoms with Crippen molar-refractivity contribution in [3.63, 3.8) is 0 Å². The van der Waals surface area contributed by atoms with Gasteiger partial charge in [0.25, 0.3) is 0 Å². The zero-order valence-corrected chi connectivity index (χ0v) is 25.1. The van der Waals surface area contributed by atoms with Crippen LogP contribution in [0.4, 0.5) is 5.82 Å². The lowest BCUT2D eigenvalue weighted by Crippen LogP contribution is -2.45. The third kappa shape index (κ3) is 6.08. The molecule has 0 saturated carbocycles. The van der Waals surface area contributed by atoms with Gasteiger partial charge in [-0.05, 0) is 51.8 Å². The first-order valence-electron chi connectivity index (χ1n) is 13.9. The predicted molar refractivity (Wildman–Crippen MR) is 161 cm³/mol. The fourth-order valence-electron chi connectivity index (χ4n) is 5.32. The first-order valence-corrected chi connectivity index (χ1v) is 15.0. The van der Waals surface area contributed by atoms with Crippen molar-refractivity contribution in [3.8, 4) is 22.8 Å². The Bertz CT molecular complexity index is 1400. The molecule has 218 valence electrons. The van der Waals surface area contributed by atoms with Crippen LogP contribution in [-0.2, 0) is 19.9 Å². The molecule has 0 spiro atoms. The van der Waals surface area contributed by atoms with Gasteiger partial charge in [-0.25, -0.2) is 4.68 Å². The Hall–Kier alpha value is -3.50. The van der Waals surface area contributed by atoms with Crippen LogP contribution in [0.3, 0.4) is 0 Å². The highest BCUT2D eigenvalue weighted by atomic mass is 32.2. The van der Waals surface area contributed by atoms with Crippen LogP contribution >= 0.6 is 11.8 Å². The summed E-state index contributed by atoms with van der Waals surface area (Å²) in [6, 6.07) is 15.7. The fraction of sp³-hybridized carbons (Fsp3) is 0.452. The minimum absolute atomic E-state index is 0.0135. The summed E-state index contributed by atoms with van der Waals surface area (Å²) in [4.78, 5) is 28.7. The monoisotopic (exact) mass is 578 g/mol. The number of nitrogens with zero attached hydrogens (tertiary/aromatic N) is 3. The van der Waals surface area contributed by atoms with E-state index in [0.29, 0.717) is 30.5 Å². The highest BCUT2D eigenvalue weighted by molar-refractivity contribution is 8.00. The van der Waals surface area contributed by atoms with E-state index in [1.807, 2.05) is 74.0 Å². The van der Waals surface area contributed by atoms with E-state index < -0.39 is 5.54 Å². The molecule has 5 rings (SSSR count). The summed E-state index contributed by atoms with van der Waals surface area (Å²) in [5.74, 6) is 1.79. The number of benzene rings is 2. The molecule has 41 heavy (non-hydrogen) atoms. The molecule has 0 bridgehead atoms. The van der Waals surface area contributed by atoms with Gasteiger partial charge in [0.1, 0.15) is 23.9 Å². The molecule has 2 aromatic carbocycles. The average Bonchev–Trinajstić information content (AvgIpc) is 3.61. The smallest absolute Gasteiger partial charge is 0.240 e. The Labute approximate surface area is 245 Å². The predicted octanol–water partition coefficient (Wildman–Crippen LogP) is 4.79. The maximum Gasteiger partial charge on any atom is 0.240 e. The zero-order chi connectivity index (χ0) is 29.1. The number of fused-ring (bicyclic) bond motifs is 1. The SMILES string of the molecule is COc1ccc(OC)c(C2SCC(=O)N(CC(=O)NCC3CCCO3)c3c2c(-c2ccccc2)nn3C(C)(C)C)c1. The molecule has 3 heterocycles. The van der Waals surface area contributed by atoms with Crippen molar-refractivity contribution in [3.05, 3.63) is 59.7 Å². The number of hydrogen-bond donors (Lipinski definition) is 1. The van der Waals surface area contributed by atoms with E-state index in [4.69, 9.17) is 19.3 Å². The third-order valence-corrected chi connectivity index (χ3v) is 8.58. The molecule has 2 unspecified atom stereocenters. The summed E-state index contributed by atoms with van der Waals surface area (Å²) in [5, 5.41) is 7.81. The third-order valence-electron chi connectivity index (χ3n) is 7.34. The molecule has 2 amide bonds. The second-order valence-corrected chi connectivity index (χ2v) is 12.3. The van der Waals surface area contributed by atoms with Gasteiger partial charge in [-0.2, -0.15) is 5.10 Å². The number of aromatic nitrogens is 2. The summed E-state index contributed by atoms with van der Waals surface area (Å²) in [6.45, 7) is 7.18. The van der Waals surface area contributed by atoms with Gasteiger partial charge in [0.05, 0.1) is 42.6 Å². The van der Waals surface area contributed by atoms with Crippen molar-refractivity contribution in [1.29, 1.82) is 0 Å². The summed E-state index contributed by atoms with van der Waals surface area (Å²) >= 11 is 1.50. The molecule has 3 aromatic rings. The van der Waals surface area contributed by atoms with Crippen LogP contribution in [0.1, 0.15) is 50.0 Å². The minimum atomic E-state index is -0.484. The second kappa shape index (κ2) is 12.2. The van der Waals surface area contributed by atoms with E-state index in [0.717, 1.165) is 35.2 Å². The lowest BCUT2D eigenvalue weighted by atomic mass is 9.98. The van der Waals surface area contributed by atoms with Gasteiger partial charge >= 0.3 is 0 Å². The first-order chi connectivity index (χ1) is 19.7. The molecule has 2 aliphatic heterocycles. The molecule has 0 aliphatic carbocycles. The average molecular weight is 579 g/mol. The van der Waals surface area contributed by atoms with E-state index in [1.165, 1.54) is 11.8 Å². The molecule has 2 aliphatic rings. The number of carbonyl (C=O) groups is 2. The van der Waals surface area contributed by atoms with Gasteiger partial charge in [-0.3, -0.25) is 14.5 Å². The number of rotatable bonds is 8. The largest absolute Gasteiger partial charge is 0.497 e. The molecule has 0 radical (unpaired) electrons. The number of ether oxygens (including phenoxy) is 3. The number of amides is 2. The normalized spacial score (nSPS) is 19.0. The van der Waals surface area contributed by atoms with Crippen LogP contribution in [-0.4, -0.2) is 67.4 Å². The van der Waals surface area contributed by atoms with Gasteiger partial charge in [0.15, 0.2) is 0 Å². The van der Waals surface area contributed by atoms with E-state index in [9.17, 15) is 9.59 Å². The fourth-order valence-corrected chi connectivity index (χ4v) is 6.53. The van der Waals surface area contributed by atoms with Gasteiger partial charge in [0, 0.05) is 29.8 Å². The number of carbonyl (C=O) groups excluding carboxylic acids is 2. The van der Waals surface area contributed by atoms with Gasteiger partial charge in [-0.15, -0.1) is 11.8 Å². The van der Waals surface area contributed by atoms with E-state index in [2.05, 4.69) is 5.32 Å². The number of hydrogen-bond acceptors (Lipinski definition) is 7. The highest BCUT2D eigenvalue weighted by Crippen LogP contribution is 2.51. The minimum Gasteiger partial charge on any atom is -0.497 e. The first kappa shape index (κ1) is 29.0. The molecule has 1 fully saturated rings. The summed E-state index contributed by atoms with van der Waals surface area (Å²) in [7, 11) is 3.27. The Kier molecular flexibility index (Phi) is 8.60. The maximum atomic E-state index is 13.9. The number of thioether (sulfide) groups is 1. The number of methoxy groups -OCH3 is 2. The van der Waals surface area contributed by atoms with Crippen LogP contribution < -0.4 is 19.7 Å². The van der Waals surface area contributed by atoms with Crippen molar-refractivity contribution in [2.24, 2.45) is 0 Å². The van der Waals surface area contributed by atoms with Crippen LogP contribution in [0.25, 0.3) is 11.3 Å². The molecular weight excluding hydrogens is 540 g/mol. The maximum absolute atomic E-state index is 13.9. The highest BCUT2D eigenvalue weighted by Gasteiger charge is 2.40. The van der Waals surface area contributed by atoms with E-state index >= 15 is 0 Å². The molecule has 1 aromatic heterocycles. The van der Waals surface area contributed by atoms with Crippen LogP contribution in [0.5, 0.6) is 11.5 Å². The number of nitrogens with one attached hydrogen (secondary N) is 1. The van der Waals surface area contributed by atoms with Gasteiger partial charge in [0.2, 0.25) is 11.8 Å². The Morgan fingerprint density at radius 1 is 1.15 bits per heavy atom. The standard InChI is InChI=1S/C31H38N4O5S/c1-31(2,3)35-30-27(28(33-35)20-10-7-6-8-11-20)29(23-16-21(38-4)13-14-24(23)39-5)41-19-26(37)34(30)18-25(36)32-17-22-12-9-15-40-22/h6-8,10-11,13-14,16,22,29H,9,12,15,17-19H2,1-5H3,(H,32,36). The summed E-state index contributed by atoms with van der Waals surface area (Å²) in [6.07, 6.45) is 1.93. The van der Waals surface area contributed by atoms with Crippen molar-refractivity contribution in [2.75, 3.05) is 44.6 Å². The lowest BCUT2D eigenvalue weighted by Gasteiger charge is -2.29.